The van der Waals surface area contributed by atoms with Crippen LogP contribution in [0.25, 0.3) is 21.9 Å². The summed E-state index contributed by atoms with van der Waals surface area (Å²) < 4.78 is 2.30. The molecule has 4 aromatic heterocycles. The SMILES string of the molecule is Cc1nc2ccn(CC(C)c3cc4[nH]ccc4cn3)c2cc1C(C)C. The molecule has 0 aliphatic rings. The Balaban J connectivity index is 1.68. The van der Waals surface area contributed by atoms with E-state index in [4.69, 9.17) is 4.98 Å². The Labute approximate surface area is 147 Å². The van der Waals surface area contributed by atoms with Crippen LogP contribution in [0.2, 0.25) is 0 Å². The maximum Gasteiger partial charge on any atom is 0.0884 e. The summed E-state index contributed by atoms with van der Waals surface area (Å²) in [6.45, 7) is 9.67. The van der Waals surface area contributed by atoms with Crippen LogP contribution >= 0.6 is 0 Å². The number of hydrogen-bond acceptors (Lipinski definition) is 2. The maximum absolute atomic E-state index is 4.79. The minimum Gasteiger partial charge on any atom is -0.361 e. The van der Waals surface area contributed by atoms with Crippen molar-refractivity contribution in [2.24, 2.45) is 0 Å². The number of H-pyrrole nitrogens is 1. The van der Waals surface area contributed by atoms with Gasteiger partial charge in [-0.3, -0.25) is 9.97 Å². The summed E-state index contributed by atoms with van der Waals surface area (Å²) in [5, 5.41) is 1.16. The summed E-state index contributed by atoms with van der Waals surface area (Å²) in [4.78, 5) is 12.7. The molecular weight excluding hydrogens is 308 g/mol. The third kappa shape index (κ3) is 2.82. The first-order valence-corrected chi connectivity index (χ1v) is 8.92. The molecule has 4 heteroatoms. The second-order valence-electron chi connectivity index (χ2n) is 7.27. The predicted molar refractivity (Wildman–Crippen MR) is 103 cm³/mol. The van der Waals surface area contributed by atoms with E-state index in [2.05, 4.69) is 72.7 Å². The van der Waals surface area contributed by atoms with Crippen LogP contribution in [0.5, 0.6) is 0 Å². The Morgan fingerprint density at radius 2 is 2.00 bits per heavy atom. The van der Waals surface area contributed by atoms with Crippen molar-refractivity contribution in [1.29, 1.82) is 0 Å². The van der Waals surface area contributed by atoms with E-state index in [0.29, 0.717) is 11.8 Å². The molecule has 0 aromatic carbocycles. The lowest BCUT2D eigenvalue weighted by atomic mass is 10.0. The van der Waals surface area contributed by atoms with Gasteiger partial charge in [0.1, 0.15) is 0 Å². The van der Waals surface area contributed by atoms with Gasteiger partial charge >= 0.3 is 0 Å². The molecule has 0 amide bonds. The summed E-state index contributed by atoms with van der Waals surface area (Å²) in [7, 11) is 0. The fourth-order valence-electron chi connectivity index (χ4n) is 3.58. The van der Waals surface area contributed by atoms with Crippen LogP contribution in [0.3, 0.4) is 0 Å². The monoisotopic (exact) mass is 332 g/mol. The fraction of sp³-hybridized carbons (Fsp3) is 0.333. The van der Waals surface area contributed by atoms with Gasteiger partial charge in [-0.25, -0.2) is 0 Å². The van der Waals surface area contributed by atoms with Gasteiger partial charge in [-0.2, -0.15) is 0 Å². The Morgan fingerprint density at radius 1 is 1.16 bits per heavy atom. The average molecular weight is 332 g/mol. The van der Waals surface area contributed by atoms with Crippen molar-refractivity contribution >= 4 is 21.9 Å². The van der Waals surface area contributed by atoms with Gasteiger partial charge in [-0.05, 0) is 42.7 Å². The van der Waals surface area contributed by atoms with E-state index in [9.17, 15) is 0 Å². The van der Waals surface area contributed by atoms with Crippen LogP contribution in [0.15, 0.2) is 42.9 Å². The number of pyridine rings is 2. The molecule has 4 nitrogen and oxygen atoms in total. The van der Waals surface area contributed by atoms with Crippen molar-refractivity contribution in [3.8, 4) is 0 Å². The van der Waals surface area contributed by atoms with Crippen molar-refractivity contribution < 1.29 is 0 Å². The summed E-state index contributed by atoms with van der Waals surface area (Å²) in [5.41, 5.74) is 7.00. The first-order chi connectivity index (χ1) is 12.0. The maximum atomic E-state index is 4.79. The lowest BCUT2D eigenvalue weighted by molar-refractivity contribution is 0.601. The van der Waals surface area contributed by atoms with E-state index in [1.807, 2.05) is 12.4 Å². The molecule has 4 rings (SSSR count). The zero-order valence-corrected chi connectivity index (χ0v) is 15.2. The molecule has 0 aliphatic heterocycles. The molecule has 0 radical (unpaired) electrons. The van der Waals surface area contributed by atoms with Crippen LogP contribution < -0.4 is 0 Å². The Kier molecular flexibility index (Phi) is 3.83. The molecule has 0 aliphatic carbocycles. The third-order valence-corrected chi connectivity index (χ3v) is 5.04. The number of nitrogens with zero attached hydrogens (tertiary/aromatic N) is 3. The van der Waals surface area contributed by atoms with Crippen molar-refractivity contribution in [3.05, 3.63) is 59.8 Å². The van der Waals surface area contributed by atoms with Gasteiger partial charge in [-0.15, -0.1) is 0 Å². The van der Waals surface area contributed by atoms with Gasteiger partial charge in [0.2, 0.25) is 0 Å². The number of aryl methyl sites for hydroxylation is 1. The molecule has 0 spiro atoms. The van der Waals surface area contributed by atoms with Gasteiger partial charge in [-0.1, -0.05) is 20.8 Å². The lowest BCUT2D eigenvalue weighted by Crippen LogP contribution is -2.07. The highest BCUT2D eigenvalue weighted by molar-refractivity contribution is 5.79. The minimum absolute atomic E-state index is 0.326. The quantitative estimate of drug-likeness (QED) is 0.562. The second kappa shape index (κ2) is 6.03. The Bertz CT molecular complexity index is 1040. The molecule has 1 atom stereocenters. The Morgan fingerprint density at radius 3 is 2.80 bits per heavy atom. The van der Waals surface area contributed by atoms with Crippen molar-refractivity contribution in [1.82, 2.24) is 19.5 Å². The van der Waals surface area contributed by atoms with Crippen LogP contribution in [0.4, 0.5) is 0 Å². The van der Waals surface area contributed by atoms with Crippen molar-refractivity contribution in [2.75, 3.05) is 0 Å². The van der Waals surface area contributed by atoms with E-state index in [0.717, 1.165) is 34.4 Å². The highest BCUT2D eigenvalue weighted by atomic mass is 15.0. The van der Waals surface area contributed by atoms with Crippen molar-refractivity contribution in [2.45, 2.75) is 46.1 Å². The molecule has 0 saturated heterocycles. The molecule has 0 fully saturated rings. The van der Waals surface area contributed by atoms with Gasteiger partial charge in [0, 0.05) is 53.3 Å². The summed E-state index contributed by atoms with van der Waals surface area (Å²) >= 11 is 0. The molecule has 1 N–H and O–H groups in total. The highest BCUT2D eigenvalue weighted by Gasteiger charge is 2.14. The normalized spacial score (nSPS) is 13.2. The first-order valence-electron chi connectivity index (χ1n) is 8.92. The largest absolute Gasteiger partial charge is 0.361 e. The number of rotatable bonds is 4. The minimum atomic E-state index is 0.326. The van der Waals surface area contributed by atoms with Gasteiger partial charge < -0.3 is 9.55 Å². The molecule has 128 valence electrons. The topological polar surface area (TPSA) is 46.5 Å². The third-order valence-electron chi connectivity index (χ3n) is 5.04. The zero-order chi connectivity index (χ0) is 17.6. The molecule has 0 bridgehead atoms. The highest BCUT2D eigenvalue weighted by Crippen LogP contribution is 2.26. The van der Waals surface area contributed by atoms with Crippen LogP contribution in [-0.2, 0) is 6.54 Å². The molecule has 4 heterocycles. The van der Waals surface area contributed by atoms with Crippen molar-refractivity contribution in [3.63, 3.8) is 0 Å². The van der Waals surface area contributed by atoms with Crippen LogP contribution in [0.1, 0.15) is 49.6 Å². The number of fused-ring (bicyclic) bond motifs is 2. The standard InChI is InChI=1S/C21H24N4/c1-13(2)17-9-21-18(24-15(17)4)6-8-25(21)12-14(3)19-10-20-16(11-23-19)5-7-22-20/h5-11,13-14,22H,12H2,1-4H3. The summed E-state index contributed by atoms with van der Waals surface area (Å²) in [6, 6.07) is 8.63. The zero-order valence-electron chi connectivity index (χ0n) is 15.2. The fourth-order valence-corrected chi connectivity index (χ4v) is 3.58. The van der Waals surface area contributed by atoms with Gasteiger partial charge in [0.15, 0.2) is 0 Å². The molecule has 4 aromatic rings. The molecule has 0 saturated carbocycles. The van der Waals surface area contributed by atoms with Crippen LogP contribution in [0, 0.1) is 6.92 Å². The van der Waals surface area contributed by atoms with E-state index in [1.54, 1.807) is 0 Å². The van der Waals surface area contributed by atoms with Gasteiger partial charge in [0.25, 0.3) is 0 Å². The number of nitrogens with one attached hydrogen (secondary N) is 1. The summed E-state index contributed by atoms with van der Waals surface area (Å²) in [6.07, 6.45) is 6.06. The first kappa shape index (κ1) is 15.9. The predicted octanol–water partition coefficient (Wildman–Crippen LogP) is 5.15. The van der Waals surface area contributed by atoms with E-state index >= 15 is 0 Å². The number of hydrogen-bond donors (Lipinski definition) is 1. The molecule has 25 heavy (non-hydrogen) atoms. The van der Waals surface area contributed by atoms with E-state index < -0.39 is 0 Å². The van der Waals surface area contributed by atoms with Gasteiger partial charge in [0.05, 0.1) is 11.0 Å². The number of aromatic nitrogens is 4. The summed E-state index contributed by atoms with van der Waals surface area (Å²) in [5.74, 6) is 0.807. The average Bonchev–Trinajstić information content (AvgIpc) is 3.20. The number of aromatic amines is 1. The van der Waals surface area contributed by atoms with Crippen LogP contribution in [-0.4, -0.2) is 19.5 Å². The second-order valence-corrected chi connectivity index (χ2v) is 7.27. The van der Waals surface area contributed by atoms with E-state index in [-0.39, 0.29) is 0 Å². The van der Waals surface area contributed by atoms with E-state index in [1.165, 1.54) is 11.1 Å². The molecular formula is C21H24N4. The lowest BCUT2D eigenvalue weighted by Gasteiger charge is -2.15. The smallest absolute Gasteiger partial charge is 0.0884 e. The molecule has 1 unspecified atom stereocenters. The Hall–Kier alpha value is -2.62.